The van der Waals surface area contributed by atoms with Crippen molar-refractivity contribution in [3.8, 4) is 11.3 Å². The second-order valence-electron chi connectivity index (χ2n) is 3.25. The van der Waals surface area contributed by atoms with Gasteiger partial charge >= 0.3 is 0 Å². The predicted octanol–water partition coefficient (Wildman–Crippen LogP) is 1.21. The van der Waals surface area contributed by atoms with Crippen molar-refractivity contribution in [3.63, 3.8) is 0 Å². The number of hydrogen-bond donors (Lipinski definition) is 3. The molecule has 0 bridgehead atoms. The first-order valence-corrected chi connectivity index (χ1v) is 4.52. The van der Waals surface area contributed by atoms with Gasteiger partial charge in [-0.05, 0) is 6.07 Å². The first-order chi connectivity index (χ1) is 7.18. The van der Waals surface area contributed by atoms with E-state index in [9.17, 15) is 4.79 Å². The molecule has 1 aromatic heterocycles. The minimum atomic E-state index is -0.317. The van der Waals surface area contributed by atoms with Crippen molar-refractivity contribution in [3.05, 3.63) is 46.8 Å². The number of rotatable bonds is 1. The number of H-pyrrole nitrogens is 1. The van der Waals surface area contributed by atoms with Crippen LogP contribution in [0.1, 0.15) is 0 Å². The van der Waals surface area contributed by atoms with Gasteiger partial charge in [0.1, 0.15) is 0 Å². The normalized spacial score (nSPS) is 10.1. The van der Waals surface area contributed by atoms with Crippen LogP contribution in [0.15, 0.2) is 41.2 Å². The average molecular weight is 201 g/mol. The van der Waals surface area contributed by atoms with Crippen molar-refractivity contribution >= 4 is 11.4 Å². The number of hydrogen-bond acceptors (Lipinski definition) is 3. The van der Waals surface area contributed by atoms with Gasteiger partial charge in [0.25, 0.3) is 5.56 Å². The summed E-state index contributed by atoms with van der Waals surface area (Å²) < 4.78 is 0. The van der Waals surface area contributed by atoms with Gasteiger partial charge < -0.3 is 16.5 Å². The second-order valence-corrected chi connectivity index (χ2v) is 3.25. The lowest BCUT2D eigenvalue weighted by Crippen LogP contribution is -2.13. The van der Waals surface area contributed by atoms with Crippen molar-refractivity contribution in [1.82, 2.24) is 4.98 Å². The largest absolute Gasteiger partial charge is 0.397 e. The van der Waals surface area contributed by atoms with Gasteiger partial charge in [-0.3, -0.25) is 4.79 Å². The van der Waals surface area contributed by atoms with Crippen molar-refractivity contribution < 1.29 is 0 Å². The van der Waals surface area contributed by atoms with Crippen LogP contribution in [0.2, 0.25) is 0 Å². The highest BCUT2D eigenvalue weighted by Crippen LogP contribution is 2.22. The van der Waals surface area contributed by atoms with E-state index in [4.69, 9.17) is 11.5 Å². The number of aromatic amines is 1. The van der Waals surface area contributed by atoms with Gasteiger partial charge in [0.15, 0.2) is 0 Å². The zero-order valence-corrected chi connectivity index (χ0v) is 8.03. The molecule has 0 unspecified atom stereocenters. The molecule has 0 aliphatic carbocycles. The highest BCUT2D eigenvalue weighted by Gasteiger charge is 2.05. The summed E-state index contributed by atoms with van der Waals surface area (Å²) in [6.45, 7) is 0. The molecule has 0 saturated heterocycles. The van der Waals surface area contributed by atoms with Gasteiger partial charge in [-0.2, -0.15) is 0 Å². The van der Waals surface area contributed by atoms with E-state index in [-0.39, 0.29) is 11.2 Å². The molecule has 4 heteroatoms. The number of nitrogen functional groups attached to an aromatic ring is 2. The second kappa shape index (κ2) is 3.49. The topological polar surface area (TPSA) is 84.9 Å². The first kappa shape index (κ1) is 9.33. The Morgan fingerprint density at radius 1 is 1.00 bits per heavy atom. The molecule has 76 valence electrons. The predicted molar refractivity (Wildman–Crippen MR) is 61.3 cm³/mol. The van der Waals surface area contributed by atoms with E-state index in [0.717, 1.165) is 5.56 Å². The summed E-state index contributed by atoms with van der Waals surface area (Å²) in [7, 11) is 0. The van der Waals surface area contributed by atoms with Gasteiger partial charge in [0.2, 0.25) is 0 Å². The first-order valence-electron chi connectivity index (χ1n) is 4.52. The minimum absolute atomic E-state index is 0.132. The van der Waals surface area contributed by atoms with E-state index in [2.05, 4.69) is 4.98 Å². The van der Waals surface area contributed by atoms with Crippen LogP contribution in [0.3, 0.4) is 0 Å². The standard InChI is InChI=1S/C11H11N3O/c12-8-6-9(13)11(15)14-10(8)7-4-2-1-3-5-7/h1-6H,12-13H2,(H,14,15). The lowest BCUT2D eigenvalue weighted by atomic mass is 10.1. The maximum Gasteiger partial charge on any atom is 0.271 e. The zero-order valence-electron chi connectivity index (χ0n) is 8.03. The van der Waals surface area contributed by atoms with E-state index < -0.39 is 0 Å². The molecule has 0 radical (unpaired) electrons. The molecule has 0 fully saturated rings. The Morgan fingerprint density at radius 2 is 1.67 bits per heavy atom. The van der Waals surface area contributed by atoms with E-state index in [1.54, 1.807) is 0 Å². The lowest BCUT2D eigenvalue weighted by Gasteiger charge is -2.05. The minimum Gasteiger partial charge on any atom is -0.397 e. The van der Waals surface area contributed by atoms with Crippen molar-refractivity contribution in [2.24, 2.45) is 0 Å². The Balaban J connectivity index is 2.64. The Bertz CT molecular complexity index is 531. The third kappa shape index (κ3) is 1.69. The molecule has 1 heterocycles. The van der Waals surface area contributed by atoms with Crippen molar-refractivity contribution in [2.45, 2.75) is 0 Å². The summed E-state index contributed by atoms with van der Waals surface area (Å²) in [6.07, 6.45) is 0. The molecule has 0 aliphatic rings. The van der Waals surface area contributed by atoms with E-state index in [1.807, 2.05) is 30.3 Å². The fourth-order valence-corrected chi connectivity index (χ4v) is 1.41. The Kier molecular flexibility index (Phi) is 2.17. The van der Waals surface area contributed by atoms with Crippen molar-refractivity contribution in [2.75, 3.05) is 11.5 Å². The highest BCUT2D eigenvalue weighted by molar-refractivity contribution is 5.74. The Morgan fingerprint density at radius 3 is 2.33 bits per heavy atom. The van der Waals surface area contributed by atoms with Gasteiger partial charge in [-0.25, -0.2) is 0 Å². The van der Waals surface area contributed by atoms with Gasteiger partial charge in [0, 0.05) is 5.56 Å². The average Bonchev–Trinajstić information content (AvgIpc) is 2.25. The molecule has 2 aromatic rings. The summed E-state index contributed by atoms with van der Waals surface area (Å²) in [4.78, 5) is 14.0. The molecule has 0 amide bonds. The van der Waals surface area contributed by atoms with Gasteiger partial charge in [0.05, 0.1) is 17.1 Å². The van der Waals surface area contributed by atoms with E-state index >= 15 is 0 Å². The number of anilines is 2. The SMILES string of the molecule is Nc1cc(N)c(=O)[nH]c1-c1ccccc1. The summed E-state index contributed by atoms with van der Waals surface area (Å²) >= 11 is 0. The van der Waals surface area contributed by atoms with Crippen LogP contribution in [0.4, 0.5) is 11.4 Å². The van der Waals surface area contributed by atoms with Crippen LogP contribution in [-0.2, 0) is 0 Å². The van der Waals surface area contributed by atoms with Crippen LogP contribution in [-0.4, -0.2) is 4.98 Å². The van der Waals surface area contributed by atoms with E-state index in [1.165, 1.54) is 6.07 Å². The third-order valence-corrected chi connectivity index (χ3v) is 2.16. The van der Waals surface area contributed by atoms with Gasteiger partial charge in [-0.1, -0.05) is 30.3 Å². The molecule has 5 N–H and O–H groups in total. The molecular formula is C11H11N3O. The molecule has 0 spiro atoms. The summed E-state index contributed by atoms with van der Waals surface area (Å²) in [5, 5.41) is 0. The van der Waals surface area contributed by atoms with Crippen LogP contribution in [0.25, 0.3) is 11.3 Å². The molecule has 0 saturated carbocycles. The van der Waals surface area contributed by atoms with Crippen LogP contribution >= 0.6 is 0 Å². The third-order valence-electron chi connectivity index (χ3n) is 2.16. The summed E-state index contributed by atoms with van der Waals surface area (Å²) in [6, 6.07) is 10.9. The molecule has 0 atom stereocenters. The smallest absolute Gasteiger partial charge is 0.271 e. The lowest BCUT2D eigenvalue weighted by molar-refractivity contribution is 1.25. The fraction of sp³-hybridized carbons (Fsp3) is 0. The number of nitrogens with two attached hydrogens (primary N) is 2. The number of aromatic nitrogens is 1. The molecule has 2 rings (SSSR count). The molecular weight excluding hydrogens is 190 g/mol. The summed E-state index contributed by atoms with van der Waals surface area (Å²) in [5.41, 5.74) is 13.0. The number of pyridine rings is 1. The number of benzene rings is 1. The molecule has 0 aliphatic heterocycles. The monoisotopic (exact) mass is 201 g/mol. The summed E-state index contributed by atoms with van der Waals surface area (Å²) in [5.74, 6) is 0. The van der Waals surface area contributed by atoms with E-state index in [0.29, 0.717) is 11.4 Å². The van der Waals surface area contributed by atoms with Crippen LogP contribution < -0.4 is 17.0 Å². The molecule has 15 heavy (non-hydrogen) atoms. The molecule has 4 nitrogen and oxygen atoms in total. The highest BCUT2D eigenvalue weighted by atomic mass is 16.1. The van der Waals surface area contributed by atoms with Gasteiger partial charge in [-0.15, -0.1) is 0 Å². The van der Waals surface area contributed by atoms with Crippen LogP contribution in [0, 0.1) is 0 Å². The molecule has 1 aromatic carbocycles. The number of nitrogens with one attached hydrogen (secondary N) is 1. The quantitative estimate of drug-likeness (QED) is 0.648. The fourth-order valence-electron chi connectivity index (χ4n) is 1.41. The Hall–Kier alpha value is -2.23. The van der Waals surface area contributed by atoms with Crippen molar-refractivity contribution in [1.29, 1.82) is 0 Å². The maximum atomic E-state index is 11.3. The van der Waals surface area contributed by atoms with Crippen LogP contribution in [0.5, 0.6) is 0 Å². The maximum absolute atomic E-state index is 11.3. The Labute approximate surface area is 86.5 Å². The zero-order chi connectivity index (χ0) is 10.8.